The number of para-hydroxylation sites is 1. The van der Waals surface area contributed by atoms with Crippen LogP contribution in [-0.2, 0) is 0 Å². The fraction of sp³-hybridized carbons (Fsp3) is 0.588. The number of benzene rings is 1. The first-order valence-electron chi connectivity index (χ1n) is 8.06. The lowest BCUT2D eigenvalue weighted by Crippen LogP contribution is -2.39. The highest BCUT2D eigenvalue weighted by atomic mass is 16.5. The summed E-state index contributed by atoms with van der Waals surface area (Å²) in [5, 5.41) is 6.44. The van der Waals surface area contributed by atoms with E-state index in [1.165, 1.54) is 32.1 Å². The maximum atomic E-state index is 12.6. The van der Waals surface area contributed by atoms with Crippen molar-refractivity contribution < 1.29 is 9.53 Å². The minimum absolute atomic E-state index is 0.0198. The first kappa shape index (κ1) is 14.2. The van der Waals surface area contributed by atoms with Gasteiger partial charge in [-0.05, 0) is 37.8 Å². The first-order valence-corrected chi connectivity index (χ1v) is 8.06. The number of amides is 1. The number of fused-ring (bicyclic) bond motifs is 1. The van der Waals surface area contributed by atoms with Crippen molar-refractivity contribution in [3.05, 3.63) is 23.8 Å². The van der Waals surface area contributed by atoms with Gasteiger partial charge in [-0.1, -0.05) is 25.3 Å². The molecule has 0 aromatic heterocycles. The van der Waals surface area contributed by atoms with Gasteiger partial charge in [-0.2, -0.15) is 0 Å². The summed E-state index contributed by atoms with van der Waals surface area (Å²) in [5.41, 5.74) is 1.56. The molecule has 1 saturated carbocycles. The van der Waals surface area contributed by atoms with E-state index in [0.717, 1.165) is 12.2 Å². The summed E-state index contributed by atoms with van der Waals surface area (Å²) >= 11 is 0. The van der Waals surface area contributed by atoms with Gasteiger partial charge in [-0.25, -0.2) is 0 Å². The molecule has 4 nitrogen and oxygen atoms in total. The van der Waals surface area contributed by atoms with Crippen molar-refractivity contribution in [3.8, 4) is 5.75 Å². The van der Waals surface area contributed by atoms with E-state index in [9.17, 15) is 4.79 Å². The minimum Gasteiger partial charge on any atom is -0.489 e. The molecule has 0 saturated heterocycles. The fourth-order valence-corrected chi connectivity index (χ4v) is 3.39. The summed E-state index contributed by atoms with van der Waals surface area (Å²) in [6, 6.07) is 5.93. The maximum Gasteiger partial charge on any atom is 0.255 e. The predicted octanol–water partition coefficient (Wildman–Crippen LogP) is 3.19. The lowest BCUT2D eigenvalue weighted by Gasteiger charge is -2.29. The van der Waals surface area contributed by atoms with Crippen LogP contribution in [-0.4, -0.2) is 25.1 Å². The molecule has 4 heteroatoms. The van der Waals surface area contributed by atoms with Crippen LogP contribution in [0.15, 0.2) is 18.2 Å². The van der Waals surface area contributed by atoms with Gasteiger partial charge in [0.15, 0.2) is 5.75 Å². The average Bonchev–Trinajstić information content (AvgIpc) is 2.55. The Bertz CT molecular complexity index is 510. The van der Waals surface area contributed by atoms with Gasteiger partial charge in [0.05, 0.1) is 11.3 Å². The van der Waals surface area contributed by atoms with E-state index in [1.54, 1.807) is 0 Å². The maximum absolute atomic E-state index is 12.6. The average molecular weight is 288 g/mol. The summed E-state index contributed by atoms with van der Waals surface area (Å²) in [5.74, 6) is 1.28. The molecule has 2 aliphatic rings. The molecule has 1 amide bonds. The van der Waals surface area contributed by atoms with E-state index < -0.39 is 0 Å². The Hall–Kier alpha value is -1.71. The first-order chi connectivity index (χ1) is 10.3. The van der Waals surface area contributed by atoms with Crippen molar-refractivity contribution in [1.82, 2.24) is 5.32 Å². The van der Waals surface area contributed by atoms with Crippen molar-refractivity contribution in [1.29, 1.82) is 0 Å². The van der Waals surface area contributed by atoms with Crippen molar-refractivity contribution in [3.63, 3.8) is 0 Å². The lowest BCUT2D eigenvalue weighted by molar-refractivity contribution is 0.0915. The third-order valence-electron chi connectivity index (χ3n) is 4.64. The zero-order chi connectivity index (χ0) is 14.7. The third kappa shape index (κ3) is 3.14. The van der Waals surface area contributed by atoms with Crippen molar-refractivity contribution in [2.24, 2.45) is 5.92 Å². The molecule has 0 bridgehead atoms. The lowest BCUT2D eigenvalue weighted by atomic mass is 9.84. The SMILES string of the molecule is CC(NC(=O)c1cccc2c1OCCN2)C1CCCCC1. The zero-order valence-electron chi connectivity index (χ0n) is 12.7. The molecule has 1 aliphatic heterocycles. The smallest absolute Gasteiger partial charge is 0.255 e. The van der Waals surface area contributed by atoms with Crippen LogP contribution < -0.4 is 15.4 Å². The van der Waals surface area contributed by atoms with E-state index in [2.05, 4.69) is 17.6 Å². The summed E-state index contributed by atoms with van der Waals surface area (Å²) in [7, 11) is 0. The molecule has 1 atom stereocenters. The molecule has 21 heavy (non-hydrogen) atoms. The minimum atomic E-state index is -0.0198. The molecule has 2 N–H and O–H groups in total. The van der Waals surface area contributed by atoms with E-state index in [-0.39, 0.29) is 11.9 Å². The molecular formula is C17H24N2O2. The van der Waals surface area contributed by atoms with Crippen LogP contribution in [0.2, 0.25) is 0 Å². The molecule has 114 valence electrons. The number of anilines is 1. The van der Waals surface area contributed by atoms with Gasteiger partial charge in [0.25, 0.3) is 5.91 Å². The van der Waals surface area contributed by atoms with E-state index in [1.807, 2.05) is 18.2 Å². The van der Waals surface area contributed by atoms with Crippen LogP contribution in [0.25, 0.3) is 0 Å². The standard InChI is InChI=1S/C17H24N2O2/c1-12(13-6-3-2-4-7-13)19-17(20)14-8-5-9-15-16(14)21-11-10-18-15/h5,8-9,12-13,18H,2-4,6-7,10-11H2,1H3,(H,19,20). The number of rotatable bonds is 3. The van der Waals surface area contributed by atoms with Crippen LogP contribution in [0.1, 0.15) is 49.4 Å². The Kier molecular flexibility index (Phi) is 4.32. The Morgan fingerprint density at radius 2 is 2.14 bits per heavy atom. The molecule has 3 rings (SSSR count). The topological polar surface area (TPSA) is 50.4 Å². The monoisotopic (exact) mass is 288 g/mol. The summed E-state index contributed by atoms with van der Waals surface area (Å²) in [6.45, 7) is 3.52. The van der Waals surface area contributed by atoms with Gasteiger partial charge in [0.1, 0.15) is 6.61 Å². The fourth-order valence-electron chi connectivity index (χ4n) is 3.39. The molecule has 1 aromatic carbocycles. The van der Waals surface area contributed by atoms with Crippen molar-refractivity contribution >= 4 is 11.6 Å². The van der Waals surface area contributed by atoms with Crippen molar-refractivity contribution in [2.75, 3.05) is 18.5 Å². The second-order valence-corrected chi connectivity index (χ2v) is 6.12. The van der Waals surface area contributed by atoms with Crippen LogP contribution >= 0.6 is 0 Å². The van der Waals surface area contributed by atoms with Crippen LogP contribution in [0.5, 0.6) is 5.75 Å². The number of nitrogens with one attached hydrogen (secondary N) is 2. The van der Waals surface area contributed by atoms with Crippen LogP contribution in [0.4, 0.5) is 5.69 Å². The van der Waals surface area contributed by atoms with E-state index in [4.69, 9.17) is 4.74 Å². The number of hydrogen-bond donors (Lipinski definition) is 2. The Morgan fingerprint density at radius 3 is 2.95 bits per heavy atom. The van der Waals surface area contributed by atoms with Gasteiger partial charge in [0, 0.05) is 12.6 Å². The van der Waals surface area contributed by atoms with Crippen LogP contribution in [0.3, 0.4) is 0 Å². The van der Waals surface area contributed by atoms with Gasteiger partial charge in [-0.15, -0.1) is 0 Å². The Morgan fingerprint density at radius 1 is 1.33 bits per heavy atom. The number of ether oxygens (including phenoxy) is 1. The highest BCUT2D eigenvalue weighted by Crippen LogP contribution is 2.32. The molecule has 1 unspecified atom stereocenters. The largest absolute Gasteiger partial charge is 0.489 e. The summed E-state index contributed by atoms with van der Waals surface area (Å²) in [4.78, 5) is 12.6. The third-order valence-corrected chi connectivity index (χ3v) is 4.64. The molecule has 0 radical (unpaired) electrons. The molecule has 1 fully saturated rings. The van der Waals surface area contributed by atoms with Gasteiger partial charge < -0.3 is 15.4 Å². The highest BCUT2D eigenvalue weighted by Gasteiger charge is 2.24. The summed E-state index contributed by atoms with van der Waals surface area (Å²) in [6.07, 6.45) is 6.37. The normalized spacial score (nSPS) is 19.9. The van der Waals surface area contributed by atoms with E-state index in [0.29, 0.717) is 23.8 Å². The molecule has 1 heterocycles. The summed E-state index contributed by atoms with van der Waals surface area (Å²) < 4.78 is 5.68. The van der Waals surface area contributed by atoms with Crippen LogP contribution in [0, 0.1) is 5.92 Å². The molecule has 0 spiro atoms. The van der Waals surface area contributed by atoms with E-state index >= 15 is 0 Å². The Labute approximate surface area is 126 Å². The number of carbonyl (C=O) groups excluding carboxylic acids is 1. The second-order valence-electron chi connectivity index (χ2n) is 6.12. The second kappa shape index (κ2) is 6.37. The number of carbonyl (C=O) groups is 1. The van der Waals surface area contributed by atoms with Gasteiger partial charge in [0.2, 0.25) is 0 Å². The molecule has 1 aromatic rings. The predicted molar refractivity (Wildman–Crippen MR) is 83.9 cm³/mol. The number of hydrogen-bond acceptors (Lipinski definition) is 3. The van der Waals surface area contributed by atoms with Crippen molar-refractivity contribution in [2.45, 2.75) is 45.1 Å². The molecular weight excluding hydrogens is 264 g/mol. The van der Waals surface area contributed by atoms with Gasteiger partial charge in [-0.3, -0.25) is 4.79 Å². The molecule has 1 aliphatic carbocycles. The highest BCUT2D eigenvalue weighted by molar-refractivity contribution is 5.99. The Balaban J connectivity index is 1.70. The quantitative estimate of drug-likeness (QED) is 0.898. The van der Waals surface area contributed by atoms with Gasteiger partial charge >= 0.3 is 0 Å². The zero-order valence-corrected chi connectivity index (χ0v) is 12.7.